The number of hydrogen-bond donors (Lipinski definition) is 1. The van der Waals surface area contributed by atoms with Crippen LogP contribution in [0.3, 0.4) is 0 Å². The van der Waals surface area contributed by atoms with Gasteiger partial charge in [0.2, 0.25) is 0 Å². The van der Waals surface area contributed by atoms with Crippen LogP contribution in [-0.2, 0) is 11.0 Å². The average molecular weight is 586 g/mol. The van der Waals surface area contributed by atoms with Crippen molar-refractivity contribution in [2.75, 3.05) is 6.16 Å². The van der Waals surface area contributed by atoms with Crippen molar-refractivity contribution < 1.29 is 4.21 Å². The van der Waals surface area contributed by atoms with Gasteiger partial charge in [0.1, 0.15) is 0 Å². The highest BCUT2D eigenvalue weighted by Gasteiger charge is 2.29. The third kappa shape index (κ3) is 5.96. The molecule has 0 aliphatic carbocycles. The molecule has 0 aliphatic rings. The van der Waals surface area contributed by atoms with Gasteiger partial charge in [0.05, 0.1) is 15.7 Å². The van der Waals surface area contributed by atoms with Crippen LogP contribution in [0.25, 0.3) is 32.7 Å². The SMILES string of the molecule is CC(C)(C)[S@](=O)N[C@H](CP(c1ccccc1)c1ccccc1)c1ccccc1-c1c2ccccc2cc2ccccc12. The quantitative estimate of drug-likeness (QED) is 0.140. The van der Waals surface area contributed by atoms with Gasteiger partial charge >= 0.3 is 0 Å². The van der Waals surface area contributed by atoms with Crippen LogP contribution >= 0.6 is 7.92 Å². The first-order valence-corrected chi connectivity index (χ1v) is 17.1. The Morgan fingerprint density at radius 3 is 1.67 bits per heavy atom. The summed E-state index contributed by atoms with van der Waals surface area (Å²) in [4.78, 5) is 0. The molecule has 0 aromatic heterocycles. The highest BCUT2D eigenvalue weighted by molar-refractivity contribution is 7.84. The first-order chi connectivity index (χ1) is 20.4. The molecular formula is C38H36NOPS. The van der Waals surface area contributed by atoms with Gasteiger partial charge in [-0.05, 0) is 89.8 Å². The molecule has 0 radical (unpaired) electrons. The lowest BCUT2D eigenvalue weighted by Gasteiger charge is -2.30. The van der Waals surface area contributed by atoms with Crippen LogP contribution in [0.5, 0.6) is 0 Å². The summed E-state index contributed by atoms with van der Waals surface area (Å²) in [6, 6.07) is 49.8. The molecule has 0 saturated carbocycles. The lowest BCUT2D eigenvalue weighted by Crippen LogP contribution is -2.37. The number of rotatable bonds is 8. The molecule has 0 aliphatic heterocycles. The van der Waals surface area contributed by atoms with E-state index in [2.05, 4.69) is 144 Å². The molecule has 0 heterocycles. The molecule has 6 rings (SSSR count). The summed E-state index contributed by atoms with van der Waals surface area (Å²) in [6.45, 7) is 6.11. The van der Waals surface area contributed by atoms with Gasteiger partial charge in [-0.2, -0.15) is 0 Å². The van der Waals surface area contributed by atoms with Gasteiger partial charge in [-0.3, -0.25) is 0 Å². The van der Waals surface area contributed by atoms with Crippen molar-refractivity contribution in [2.45, 2.75) is 31.6 Å². The predicted molar refractivity (Wildman–Crippen MR) is 185 cm³/mol. The second-order valence-corrected chi connectivity index (χ2v) is 15.9. The van der Waals surface area contributed by atoms with E-state index >= 15 is 0 Å². The fourth-order valence-corrected chi connectivity index (χ4v) is 8.98. The van der Waals surface area contributed by atoms with Crippen LogP contribution in [-0.4, -0.2) is 15.1 Å². The normalized spacial score (nSPS) is 13.4. The van der Waals surface area contributed by atoms with Crippen LogP contribution in [0.15, 0.2) is 140 Å². The minimum atomic E-state index is -1.26. The summed E-state index contributed by atoms with van der Waals surface area (Å²) in [5.41, 5.74) is 3.59. The molecule has 1 N–H and O–H groups in total. The Balaban J connectivity index is 1.56. The standard InChI is InChI=1S/C38H36NOPS/c1-38(2,3)42(40)39-36(27-41(30-18-6-4-7-19-30)31-20-8-5-9-21-31)34-24-14-15-25-35(34)37-32-22-12-10-16-28(32)26-29-17-11-13-23-33(29)37/h4-26,36,39H,27H2,1-3H3/t36-,42+/m1/s1. The molecule has 0 saturated heterocycles. The number of nitrogens with one attached hydrogen (secondary N) is 1. The van der Waals surface area contributed by atoms with E-state index < -0.39 is 23.7 Å². The van der Waals surface area contributed by atoms with E-state index in [1.165, 1.54) is 48.8 Å². The van der Waals surface area contributed by atoms with Gasteiger partial charge in [-0.25, -0.2) is 8.93 Å². The van der Waals surface area contributed by atoms with Crippen molar-refractivity contribution in [1.82, 2.24) is 4.72 Å². The number of hydrogen-bond acceptors (Lipinski definition) is 1. The first-order valence-electron chi connectivity index (χ1n) is 14.5. The lowest BCUT2D eigenvalue weighted by molar-refractivity contribution is 0.618. The topological polar surface area (TPSA) is 29.1 Å². The van der Waals surface area contributed by atoms with Crippen LogP contribution in [0, 0.1) is 0 Å². The molecule has 0 amide bonds. The summed E-state index contributed by atoms with van der Waals surface area (Å²) in [5, 5.41) is 7.54. The first kappa shape index (κ1) is 28.5. The summed E-state index contributed by atoms with van der Waals surface area (Å²) >= 11 is 0. The van der Waals surface area contributed by atoms with Gasteiger partial charge in [0.15, 0.2) is 0 Å². The Morgan fingerprint density at radius 2 is 1.12 bits per heavy atom. The molecule has 6 aromatic carbocycles. The van der Waals surface area contributed by atoms with E-state index in [9.17, 15) is 4.21 Å². The number of benzene rings is 6. The summed E-state index contributed by atoms with van der Waals surface area (Å²) < 4.78 is 17.0. The van der Waals surface area contributed by atoms with Crippen molar-refractivity contribution in [3.05, 3.63) is 145 Å². The van der Waals surface area contributed by atoms with Crippen molar-refractivity contribution in [3.8, 4) is 11.1 Å². The second kappa shape index (κ2) is 12.3. The molecule has 4 heteroatoms. The Kier molecular flexibility index (Phi) is 8.36. The smallest absolute Gasteiger partial charge is 0.0976 e. The van der Waals surface area contributed by atoms with Crippen LogP contribution in [0.4, 0.5) is 0 Å². The molecule has 6 aromatic rings. The molecule has 0 fully saturated rings. The van der Waals surface area contributed by atoms with Gasteiger partial charge in [-0.15, -0.1) is 0 Å². The van der Waals surface area contributed by atoms with Crippen molar-refractivity contribution in [2.24, 2.45) is 0 Å². The van der Waals surface area contributed by atoms with E-state index in [0.29, 0.717) is 0 Å². The van der Waals surface area contributed by atoms with Crippen molar-refractivity contribution >= 4 is 51.1 Å². The van der Waals surface area contributed by atoms with Gasteiger partial charge < -0.3 is 0 Å². The summed E-state index contributed by atoms with van der Waals surface area (Å²) in [7, 11) is -1.98. The maximum atomic E-state index is 13.8. The van der Waals surface area contributed by atoms with E-state index in [1.54, 1.807) is 0 Å². The minimum Gasteiger partial charge on any atom is -0.242 e. The zero-order valence-electron chi connectivity index (χ0n) is 24.3. The largest absolute Gasteiger partial charge is 0.242 e. The zero-order chi connectivity index (χ0) is 29.1. The van der Waals surface area contributed by atoms with Crippen LogP contribution in [0.1, 0.15) is 32.4 Å². The molecule has 210 valence electrons. The van der Waals surface area contributed by atoms with Gasteiger partial charge in [0, 0.05) is 6.04 Å². The minimum absolute atomic E-state index is 0.134. The molecule has 0 unspecified atom stereocenters. The molecule has 0 spiro atoms. The summed E-state index contributed by atoms with van der Waals surface area (Å²) in [6.07, 6.45) is 0.824. The zero-order valence-corrected chi connectivity index (χ0v) is 26.0. The number of fused-ring (bicyclic) bond motifs is 2. The van der Waals surface area contributed by atoms with Gasteiger partial charge in [0.25, 0.3) is 0 Å². The van der Waals surface area contributed by atoms with Gasteiger partial charge in [-0.1, -0.05) is 133 Å². The van der Waals surface area contributed by atoms with Crippen molar-refractivity contribution in [3.63, 3.8) is 0 Å². The molecule has 2 nitrogen and oxygen atoms in total. The lowest BCUT2D eigenvalue weighted by atomic mass is 9.88. The fraction of sp³-hybridized carbons (Fsp3) is 0.158. The van der Waals surface area contributed by atoms with E-state index in [-0.39, 0.29) is 6.04 Å². The van der Waals surface area contributed by atoms with E-state index in [0.717, 1.165) is 6.16 Å². The monoisotopic (exact) mass is 585 g/mol. The fourth-order valence-electron chi connectivity index (χ4n) is 5.60. The molecule has 42 heavy (non-hydrogen) atoms. The Bertz CT molecular complexity index is 1750. The average Bonchev–Trinajstić information content (AvgIpc) is 3.02. The molecule has 2 atom stereocenters. The van der Waals surface area contributed by atoms with E-state index in [1.807, 2.05) is 20.8 Å². The second-order valence-electron chi connectivity index (χ2n) is 11.6. The maximum Gasteiger partial charge on any atom is 0.0976 e. The highest BCUT2D eigenvalue weighted by Crippen LogP contribution is 2.43. The predicted octanol–water partition coefficient (Wildman–Crippen LogP) is 8.89. The Hall–Kier alpha value is -3.62. The highest BCUT2D eigenvalue weighted by atomic mass is 32.2. The Morgan fingerprint density at radius 1 is 0.643 bits per heavy atom. The molecular weight excluding hydrogens is 549 g/mol. The van der Waals surface area contributed by atoms with Crippen LogP contribution < -0.4 is 15.3 Å². The van der Waals surface area contributed by atoms with Crippen LogP contribution in [0.2, 0.25) is 0 Å². The third-order valence-corrected chi connectivity index (χ3v) is 11.9. The van der Waals surface area contributed by atoms with E-state index in [4.69, 9.17) is 0 Å². The third-order valence-electron chi connectivity index (χ3n) is 7.68. The molecule has 0 bridgehead atoms. The van der Waals surface area contributed by atoms with Crippen molar-refractivity contribution in [1.29, 1.82) is 0 Å². The maximum absolute atomic E-state index is 13.8. The summed E-state index contributed by atoms with van der Waals surface area (Å²) in [5.74, 6) is 0. The Labute approximate surface area is 253 Å².